The van der Waals surface area contributed by atoms with Gasteiger partial charge in [-0.1, -0.05) is 26.0 Å². The maximum atomic E-state index is 13.0. The minimum Gasteiger partial charge on any atom is -0.481 e. The first-order valence-corrected chi connectivity index (χ1v) is 6.30. The van der Waals surface area contributed by atoms with Crippen LogP contribution in [0, 0.1) is 17.7 Å². The SMILES string of the molecule is CC(C)C1N=C(N)N=C(c2ccc(F)cc2)C1C(=O)O. The van der Waals surface area contributed by atoms with Crippen molar-refractivity contribution in [2.75, 3.05) is 0 Å². The second kappa shape index (κ2) is 5.40. The molecule has 106 valence electrons. The van der Waals surface area contributed by atoms with Gasteiger partial charge in [0, 0.05) is 0 Å². The zero-order chi connectivity index (χ0) is 14.9. The summed E-state index contributed by atoms with van der Waals surface area (Å²) in [5, 5.41) is 9.47. The van der Waals surface area contributed by atoms with Gasteiger partial charge in [0.05, 0.1) is 11.8 Å². The van der Waals surface area contributed by atoms with E-state index < -0.39 is 17.9 Å². The van der Waals surface area contributed by atoms with Crippen molar-refractivity contribution in [1.82, 2.24) is 0 Å². The molecule has 5 nitrogen and oxygen atoms in total. The van der Waals surface area contributed by atoms with Gasteiger partial charge >= 0.3 is 5.97 Å². The van der Waals surface area contributed by atoms with E-state index in [0.717, 1.165) is 0 Å². The number of carboxylic acid groups (broad SMARTS) is 1. The fourth-order valence-corrected chi connectivity index (χ4v) is 2.27. The fourth-order valence-electron chi connectivity index (χ4n) is 2.27. The number of rotatable bonds is 3. The van der Waals surface area contributed by atoms with Crippen LogP contribution in [0.4, 0.5) is 4.39 Å². The summed E-state index contributed by atoms with van der Waals surface area (Å²) in [7, 11) is 0. The standard InChI is InChI=1S/C14H16FN3O2/c1-7(2)11-10(13(19)20)12(18-14(16)17-11)8-3-5-9(15)6-4-8/h3-7,10-11H,1-2H3,(H2,16,17)(H,19,20). The van der Waals surface area contributed by atoms with Gasteiger partial charge in [-0.25, -0.2) is 14.4 Å². The summed E-state index contributed by atoms with van der Waals surface area (Å²) >= 11 is 0. The Bertz CT molecular complexity index is 579. The molecule has 0 aromatic heterocycles. The highest BCUT2D eigenvalue weighted by molar-refractivity contribution is 6.16. The number of hydrogen-bond acceptors (Lipinski definition) is 4. The van der Waals surface area contributed by atoms with Crippen molar-refractivity contribution in [3.05, 3.63) is 35.6 Å². The van der Waals surface area contributed by atoms with Gasteiger partial charge in [0.15, 0.2) is 0 Å². The molecular weight excluding hydrogens is 261 g/mol. The Labute approximate surface area is 116 Å². The monoisotopic (exact) mass is 277 g/mol. The normalized spacial score (nSPS) is 22.4. The van der Waals surface area contributed by atoms with Gasteiger partial charge in [-0.3, -0.25) is 4.79 Å². The lowest BCUT2D eigenvalue weighted by molar-refractivity contribution is -0.140. The Morgan fingerprint density at radius 2 is 1.95 bits per heavy atom. The molecule has 0 spiro atoms. The summed E-state index contributed by atoms with van der Waals surface area (Å²) in [5.41, 5.74) is 6.55. The van der Waals surface area contributed by atoms with Crippen LogP contribution in [0.15, 0.2) is 34.3 Å². The molecule has 0 bridgehead atoms. The van der Waals surface area contributed by atoms with Gasteiger partial charge in [0.2, 0.25) is 5.96 Å². The number of carboxylic acids is 1. The van der Waals surface area contributed by atoms with E-state index in [1.807, 2.05) is 13.8 Å². The molecule has 2 unspecified atom stereocenters. The Hall–Kier alpha value is -2.24. The average molecular weight is 277 g/mol. The lowest BCUT2D eigenvalue weighted by atomic mass is 9.83. The van der Waals surface area contributed by atoms with Crippen LogP contribution >= 0.6 is 0 Å². The van der Waals surface area contributed by atoms with Crippen LogP contribution in [0.25, 0.3) is 0 Å². The third kappa shape index (κ3) is 2.68. The molecule has 0 aliphatic carbocycles. The maximum absolute atomic E-state index is 13.0. The Morgan fingerprint density at radius 1 is 1.35 bits per heavy atom. The van der Waals surface area contributed by atoms with E-state index in [2.05, 4.69) is 9.98 Å². The van der Waals surface area contributed by atoms with E-state index in [0.29, 0.717) is 11.3 Å². The molecule has 2 rings (SSSR count). The van der Waals surface area contributed by atoms with Crippen LogP contribution in [-0.4, -0.2) is 28.8 Å². The van der Waals surface area contributed by atoms with Crippen LogP contribution in [0.5, 0.6) is 0 Å². The molecule has 0 saturated heterocycles. The quantitative estimate of drug-likeness (QED) is 0.880. The van der Waals surface area contributed by atoms with Crippen molar-refractivity contribution in [3.63, 3.8) is 0 Å². The summed E-state index contributed by atoms with van der Waals surface area (Å²) < 4.78 is 13.0. The topological polar surface area (TPSA) is 88.0 Å². The van der Waals surface area contributed by atoms with Gasteiger partial charge in [-0.05, 0) is 23.6 Å². The van der Waals surface area contributed by atoms with Crippen LogP contribution in [0.3, 0.4) is 0 Å². The molecule has 1 aliphatic heterocycles. The van der Waals surface area contributed by atoms with Crippen LogP contribution < -0.4 is 5.73 Å². The van der Waals surface area contributed by atoms with Crippen molar-refractivity contribution < 1.29 is 14.3 Å². The molecule has 0 amide bonds. The smallest absolute Gasteiger partial charge is 0.314 e. The van der Waals surface area contributed by atoms with Crippen molar-refractivity contribution in [3.8, 4) is 0 Å². The minimum absolute atomic E-state index is 0.000554. The summed E-state index contributed by atoms with van der Waals surface area (Å²) in [6.45, 7) is 3.76. The van der Waals surface area contributed by atoms with Gasteiger partial charge in [0.1, 0.15) is 11.7 Å². The second-order valence-electron chi connectivity index (χ2n) is 5.04. The molecule has 0 fully saturated rings. The number of aliphatic carboxylic acids is 1. The molecule has 3 N–H and O–H groups in total. The van der Waals surface area contributed by atoms with Crippen molar-refractivity contribution in [2.45, 2.75) is 19.9 Å². The lowest BCUT2D eigenvalue weighted by Crippen LogP contribution is -2.42. The molecule has 1 heterocycles. The van der Waals surface area contributed by atoms with Crippen LogP contribution in [0.2, 0.25) is 0 Å². The van der Waals surface area contributed by atoms with Crippen molar-refractivity contribution in [1.29, 1.82) is 0 Å². The highest BCUT2D eigenvalue weighted by atomic mass is 19.1. The first-order chi connectivity index (χ1) is 9.40. The van der Waals surface area contributed by atoms with E-state index in [1.54, 1.807) is 0 Å². The number of nitrogens with zero attached hydrogens (tertiary/aromatic N) is 2. The zero-order valence-corrected chi connectivity index (χ0v) is 11.2. The van der Waals surface area contributed by atoms with E-state index in [-0.39, 0.29) is 17.7 Å². The molecule has 0 saturated carbocycles. The van der Waals surface area contributed by atoms with Gasteiger partial charge in [0.25, 0.3) is 0 Å². The average Bonchev–Trinajstić information content (AvgIpc) is 2.38. The van der Waals surface area contributed by atoms with E-state index in [4.69, 9.17) is 5.73 Å². The highest BCUT2D eigenvalue weighted by Crippen LogP contribution is 2.25. The molecule has 20 heavy (non-hydrogen) atoms. The Kier molecular flexibility index (Phi) is 3.83. The highest BCUT2D eigenvalue weighted by Gasteiger charge is 2.38. The third-order valence-electron chi connectivity index (χ3n) is 3.24. The number of hydrogen-bond donors (Lipinski definition) is 2. The lowest BCUT2D eigenvalue weighted by Gasteiger charge is -2.28. The number of nitrogens with two attached hydrogens (primary N) is 1. The zero-order valence-electron chi connectivity index (χ0n) is 11.2. The number of benzene rings is 1. The summed E-state index contributed by atoms with van der Waals surface area (Å²) in [6, 6.07) is 5.05. The molecule has 2 atom stereocenters. The van der Waals surface area contributed by atoms with Crippen molar-refractivity contribution >= 4 is 17.6 Å². The number of aliphatic imine (C=N–C) groups is 2. The minimum atomic E-state index is -1.01. The van der Waals surface area contributed by atoms with Gasteiger partial charge < -0.3 is 10.8 Å². The second-order valence-corrected chi connectivity index (χ2v) is 5.04. The van der Waals surface area contributed by atoms with Gasteiger partial charge in [-0.2, -0.15) is 0 Å². The molecule has 6 heteroatoms. The Balaban J connectivity index is 2.50. The summed E-state index contributed by atoms with van der Waals surface area (Å²) in [4.78, 5) is 19.7. The molecule has 1 aliphatic rings. The van der Waals surface area contributed by atoms with E-state index >= 15 is 0 Å². The number of carbonyl (C=O) groups is 1. The number of halogens is 1. The summed E-state index contributed by atoms with van der Waals surface area (Å²) in [5.74, 6) is -2.23. The van der Waals surface area contributed by atoms with Gasteiger partial charge in [-0.15, -0.1) is 0 Å². The first-order valence-electron chi connectivity index (χ1n) is 6.30. The largest absolute Gasteiger partial charge is 0.481 e. The first kappa shape index (κ1) is 14.2. The van der Waals surface area contributed by atoms with E-state index in [1.165, 1.54) is 24.3 Å². The number of guanidine groups is 1. The third-order valence-corrected chi connectivity index (χ3v) is 3.24. The Morgan fingerprint density at radius 3 is 2.45 bits per heavy atom. The predicted molar refractivity (Wildman–Crippen MR) is 74.3 cm³/mol. The van der Waals surface area contributed by atoms with E-state index in [9.17, 15) is 14.3 Å². The molecular formula is C14H16FN3O2. The predicted octanol–water partition coefficient (Wildman–Crippen LogP) is 1.67. The van der Waals surface area contributed by atoms with Crippen LogP contribution in [0.1, 0.15) is 19.4 Å². The maximum Gasteiger partial charge on any atom is 0.314 e. The molecule has 0 radical (unpaired) electrons. The molecule has 1 aromatic carbocycles. The van der Waals surface area contributed by atoms with Crippen LogP contribution in [-0.2, 0) is 4.79 Å². The summed E-state index contributed by atoms with van der Waals surface area (Å²) in [6.07, 6.45) is 0. The van der Waals surface area contributed by atoms with Crippen molar-refractivity contribution in [2.24, 2.45) is 27.6 Å². The fraction of sp³-hybridized carbons (Fsp3) is 0.357. The molecule has 1 aromatic rings.